The number of hydrogen-bond donors (Lipinski definition) is 1. The average molecular weight is 298 g/mol. The monoisotopic (exact) mass is 298 g/mol. The summed E-state index contributed by atoms with van der Waals surface area (Å²) >= 11 is 0. The summed E-state index contributed by atoms with van der Waals surface area (Å²) in [5, 5.41) is 9.28. The molecule has 1 aromatic carbocycles. The molecule has 1 N–H and O–H groups in total. The van der Waals surface area contributed by atoms with Crippen molar-refractivity contribution in [3.05, 3.63) is 29.8 Å². The zero-order valence-corrected chi connectivity index (χ0v) is 12.8. The van der Waals surface area contributed by atoms with Crippen molar-refractivity contribution in [2.45, 2.75) is 50.1 Å². The first kappa shape index (κ1) is 15.3. The van der Waals surface area contributed by atoms with Crippen molar-refractivity contribution in [3.63, 3.8) is 0 Å². The van der Waals surface area contributed by atoms with Crippen LogP contribution in [-0.2, 0) is 9.84 Å². The third-order valence-electron chi connectivity index (χ3n) is 3.83. The van der Waals surface area contributed by atoms with Gasteiger partial charge in [-0.2, -0.15) is 0 Å². The highest BCUT2D eigenvalue weighted by molar-refractivity contribution is 7.91. The summed E-state index contributed by atoms with van der Waals surface area (Å²) in [5.74, 6) is 0.697. The van der Waals surface area contributed by atoms with Gasteiger partial charge in [0.25, 0.3) is 0 Å². The largest absolute Gasteiger partial charge is 0.490 e. The Balaban J connectivity index is 2.04. The van der Waals surface area contributed by atoms with Crippen LogP contribution in [-0.4, -0.2) is 31.1 Å². The molecule has 0 spiro atoms. The molecule has 1 aliphatic rings. The normalized spacial score (nSPS) is 25.1. The van der Waals surface area contributed by atoms with Gasteiger partial charge in [0, 0.05) is 12.7 Å². The van der Waals surface area contributed by atoms with Crippen molar-refractivity contribution in [1.82, 2.24) is 0 Å². The number of sulfone groups is 1. The summed E-state index contributed by atoms with van der Waals surface area (Å²) < 4.78 is 29.2. The zero-order chi connectivity index (χ0) is 14.8. The first-order chi connectivity index (χ1) is 9.36. The molecule has 2 unspecified atom stereocenters. The molecular weight excluding hydrogens is 276 g/mol. The van der Waals surface area contributed by atoms with Gasteiger partial charge in [-0.1, -0.05) is 12.1 Å². The van der Waals surface area contributed by atoms with Crippen molar-refractivity contribution in [3.8, 4) is 5.75 Å². The molecule has 0 aliphatic heterocycles. The molecule has 0 bridgehead atoms. The predicted octanol–water partition coefficient (Wildman–Crippen LogP) is 2.47. The molecule has 1 saturated carbocycles. The minimum atomic E-state index is -2.99. The van der Waals surface area contributed by atoms with E-state index in [-0.39, 0.29) is 11.4 Å². The van der Waals surface area contributed by atoms with E-state index in [1.807, 2.05) is 24.3 Å². The van der Waals surface area contributed by atoms with Crippen LogP contribution < -0.4 is 4.74 Å². The van der Waals surface area contributed by atoms with Gasteiger partial charge in [0.05, 0.1) is 17.5 Å². The maximum atomic E-state index is 11.6. The summed E-state index contributed by atoms with van der Waals surface area (Å²) in [4.78, 5) is 0. The molecule has 1 aliphatic carbocycles. The van der Waals surface area contributed by atoms with E-state index in [0.717, 1.165) is 24.8 Å². The van der Waals surface area contributed by atoms with Crippen LogP contribution in [0.1, 0.15) is 44.3 Å². The van der Waals surface area contributed by atoms with Crippen LogP contribution in [0, 0.1) is 0 Å². The second-order valence-electron chi connectivity index (χ2n) is 5.61. The van der Waals surface area contributed by atoms with Crippen LogP contribution in [0.2, 0.25) is 0 Å². The van der Waals surface area contributed by atoms with Gasteiger partial charge >= 0.3 is 0 Å². The predicted molar refractivity (Wildman–Crippen MR) is 78.6 cm³/mol. The Bertz CT molecular complexity index is 551. The van der Waals surface area contributed by atoms with Crippen molar-refractivity contribution in [2.75, 3.05) is 6.26 Å². The quantitative estimate of drug-likeness (QED) is 0.927. The lowest BCUT2D eigenvalue weighted by Gasteiger charge is -2.28. The molecule has 1 fully saturated rings. The summed E-state index contributed by atoms with van der Waals surface area (Å²) in [5.41, 5.74) is 0.804. The number of benzene rings is 1. The van der Waals surface area contributed by atoms with Crippen molar-refractivity contribution in [1.29, 1.82) is 0 Å². The maximum absolute atomic E-state index is 11.6. The molecule has 112 valence electrons. The van der Waals surface area contributed by atoms with E-state index in [2.05, 4.69) is 0 Å². The molecule has 4 nitrogen and oxygen atoms in total. The van der Waals surface area contributed by atoms with E-state index in [1.54, 1.807) is 6.92 Å². The highest BCUT2D eigenvalue weighted by Gasteiger charge is 2.29. The number of hydrogen-bond acceptors (Lipinski definition) is 4. The Morgan fingerprint density at radius 2 is 2.10 bits per heavy atom. The first-order valence-corrected chi connectivity index (χ1v) is 8.95. The van der Waals surface area contributed by atoms with Crippen molar-refractivity contribution >= 4 is 9.84 Å². The van der Waals surface area contributed by atoms with Crippen LogP contribution in [0.3, 0.4) is 0 Å². The van der Waals surface area contributed by atoms with Crippen molar-refractivity contribution < 1.29 is 18.3 Å². The standard InChI is InChI=1S/C15H22O4S/c1-11(16)12-5-3-6-13(9-12)19-14-7-4-8-15(10-14)20(2,17)18/h3,5-6,9,11,14-16H,4,7-8,10H2,1-2H3/t11-,14?,15?/m0/s1. The molecule has 0 saturated heterocycles. The Hall–Kier alpha value is -1.07. The summed E-state index contributed by atoms with van der Waals surface area (Å²) in [6, 6.07) is 7.34. The second-order valence-corrected chi connectivity index (χ2v) is 7.93. The number of aliphatic hydroxyl groups excluding tert-OH is 1. The minimum absolute atomic E-state index is 0.0623. The molecule has 20 heavy (non-hydrogen) atoms. The fraction of sp³-hybridized carbons (Fsp3) is 0.600. The van der Waals surface area contributed by atoms with Crippen molar-refractivity contribution in [2.24, 2.45) is 0 Å². The fourth-order valence-electron chi connectivity index (χ4n) is 2.64. The zero-order valence-electron chi connectivity index (χ0n) is 12.0. The summed E-state index contributed by atoms with van der Waals surface area (Å²) in [7, 11) is -2.99. The third kappa shape index (κ3) is 3.96. The lowest BCUT2D eigenvalue weighted by Crippen LogP contribution is -2.33. The highest BCUT2D eigenvalue weighted by Crippen LogP contribution is 2.28. The molecule has 0 radical (unpaired) electrons. The van der Waals surface area contributed by atoms with Gasteiger partial charge < -0.3 is 9.84 Å². The van der Waals surface area contributed by atoms with E-state index in [9.17, 15) is 13.5 Å². The maximum Gasteiger partial charge on any atom is 0.150 e. The molecule has 0 heterocycles. The van der Waals surface area contributed by atoms with Crippen LogP contribution in [0.4, 0.5) is 0 Å². The van der Waals surface area contributed by atoms with E-state index < -0.39 is 15.9 Å². The Kier molecular flexibility index (Phi) is 4.70. The number of rotatable bonds is 4. The fourth-order valence-corrected chi connectivity index (χ4v) is 3.80. The lowest BCUT2D eigenvalue weighted by molar-refractivity contribution is 0.154. The van der Waals surface area contributed by atoms with E-state index in [1.165, 1.54) is 6.26 Å². The van der Waals surface area contributed by atoms with Crippen LogP contribution in [0.25, 0.3) is 0 Å². The minimum Gasteiger partial charge on any atom is -0.490 e. The van der Waals surface area contributed by atoms with Gasteiger partial charge in [-0.25, -0.2) is 8.42 Å². The topological polar surface area (TPSA) is 63.6 Å². The summed E-state index contributed by atoms with van der Waals surface area (Å²) in [6.45, 7) is 1.71. The first-order valence-electron chi connectivity index (χ1n) is 7.00. The number of aliphatic hydroxyl groups is 1. The second kappa shape index (κ2) is 6.14. The highest BCUT2D eigenvalue weighted by atomic mass is 32.2. The molecule has 5 heteroatoms. The van der Waals surface area contributed by atoms with E-state index >= 15 is 0 Å². The van der Waals surface area contributed by atoms with Crippen LogP contribution in [0.5, 0.6) is 5.75 Å². The molecule has 0 amide bonds. The van der Waals surface area contributed by atoms with E-state index in [0.29, 0.717) is 12.2 Å². The summed E-state index contributed by atoms with van der Waals surface area (Å²) in [6.07, 6.45) is 3.74. The Morgan fingerprint density at radius 3 is 2.75 bits per heavy atom. The van der Waals surface area contributed by atoms with Gasteiger partial charge in [0.1, 0.15) is 15.6 Å². The number of ether oxygens (including phenoxy) is 1. The van der Waals surface area contributed by atoms with Gasteiger partial charge in [0.15, 0.2) is 0 Å². The average Bonchev–Trinajstić information content (AvgIpc) is 2.38. The Morgan fingerprint density at radius 1 is 1.35 bits per heavy atom. The van der Waals surface area contributed by atoms with Crippen LogP contribution in [0.15, 0.2) is 24.3 Å². The molecular formula is C15H22O4S. The SMILES string of the molecule is C[C@H](O)c1cccc(OC2CCCC(S(C)(=O)=O)C2)c1. The van der Waals surface area contributed by atoms with Gasteiger partial charge in [-0.15, -0.1) is 0 Å². The smallest absolute Gasteiger partial charge is 0.150 e. The van der Waals surface area contributed by atoms with Gasteiger partial charge in [-0.05, 0) is 43.9 Å². The van der Waals surface area contributed by atoms with Gasteiger partial charge in [-0.3, -0.25) is 0 Å². The van der Waals surface area contributed by atoms with Gasteiger partial charge in [0.2, 0.25) is 0 Å². The lowest BCUT2D eigenvalue weighted by atomic mass is 9.97. The third-order valence-corrected chi connectivity index (χ3v) is 5.47. The molecule has 3 atom stereocenters. The van der Waals surface area contributed by atoms with E-state index in [4.69, 9.17) is 4.74 Å². The molecule has 0 aromatic heterocycles. The molecule has 2 rings (SSSR count). The Labute approximate surface area is 120 Å². The molecule has 1 aromatic rings. The van der Waals surface area contributed by atoms with Crippen LogP contribution >= 0.6 is 0 Å².